The van der Waals surface area contributed by atoms with Crippen LogP contribution in [0.5, 0.6) is 0 Å². The van der Waals surface area contributed by atoms with Gasteiger partial charge in [0.15, 0.2) is 0 Å². The maximum Gasteiger partial charge on any atom is 0.317 e. The summed E-state index contributed by atoms with van der Waals surface area (Å²) in [6.07, 6.45) is 3.84. The first-order valence-electron chi connectivity index (χ1n) is 13.4. The van der Waals surface area contributed by atoms with E-state index in [0.29, 0.717) is 56.1 Å². The third-order valence-electron chi connectivity index (χ3n) is 6.84. The minimum atomic E-state index is -0.410. The van der Waals surface area contributed by atoms with Gasteiger partial charge in [-0.25, -0.2) is 9.18 Å². The quantitative estimate of drug-likeness (QED) is 0.607. The molecule has 0 atom stereocenters. The molecule has 2 aliphatic rings. The van der Waals surface area contributed by atoms with Crippen LogP contribution < -0.4 is 15.5 Å². The van der Waals surface area contributed by atoms with Crippen LogP contribution in [0.25, 0.3) is 0 Å². The molecule has 0 aliphatic carbocycles. The number of carbonyl (C=O) groups is 3. The Hall–Kier alpha value is -3.62. The number of nitrogens with one attached hydrogen (secondary N) is 2. The van der Waals surface area contributed by atoms with Crippen molar-refractivity contribution in [3.05, 3.63) is 59.4 Å². The van der Waals surface area contributed by atoms with Gasteiger partial charge in [-0.1, -0.05) is 0 Å². The number of hydrogen-bond donors (Lipinski definition) is 2. The molecule has 0 unspecified atom stereocenters. The molecule has 2 aromatic carbocycles. The molecule has 9 heteroatoms. The largest absolute Gasteiger partial charge is 0.369 e. The molecule has 2 saturated heterocycles. The van der Waals surface area contributed by atoms with E-state index >= 15 is 0 Å². The third kappa shape index (κ3) is 7.02. The second-order valence-electron chi connectivity index (χ2n) is 11.1. The van der Waals surface area contributed by atoms with E-state index in [9.17, 15) is 18.8 Å². The summed E-state index contributed by atoms with van der Waals surface area (Å²) in [6.45, 7) is 9.80. The summed E-state index contributed by atoms with van der Waals surface area (Å²) in [5.74, 6) is -0.833. The number of rotatable bonds is 4. The van der Waals surface area contributed by atoms with Crippen molar-refractivity contribution in [2.45, 2.75) is 52.0 Å². The molecule has 2 aromatic rings. The van der Waals surface area contributed by atoms with Crippen molar-refractivity contribution in [2.75, 3.05) is 49.5 Å². The molecule has 204 valence electrons. The first-order chi connectivity index (χ1) is 18.1. The van der Waals surface area contributed by atoms with Crippen molar-refractivity contribution in [3.8, 4) is 0 Å². The Morgan fingerprint density at radius 3 is 2.16 bits per heavy atom. The molecule has 0 spiro atoms. The van der Waals surface area contributed by atoms with Crippen molar-refractivity contribution < 1.29 is 18.8 Å². The fourth-order valence-corrected chi connectivity index (χ4v) is 4.89. The third-order valence-corrected chi connectivity index (χ3v) is 6.84. The lowest BCUT2D eigenvalue weighted by Gasteiger charge is -2.31. The summed E-state index contributed by atoms with van der Waals surface area (Å²) in [7, 11) is 0. The van der Waals surface area contributed by atoms with Crippen molar-refractivity contribution in [1.82, 2.24) is 15.1 Å². The van der Waals surface area contributed by atoms with Crippen LogP contribution in [0, 0.1) is 5.82 Å². The topological polar surface area (TPSA) is 85.0 Å². The van der Waals surface area contributed by atoms with Crippen LogP contribution in [0.15, 0.2) is 42.5 Å². The number of nitrogens with zero attached hydrogens (tertiary/aromatic N) is 3. The summed E-state index contributed by atoms with van der Waals surface area (Å²) in [6, 6.07) is 10.7. The fourth-order valence-electron chi connectivity index (χ4n) is 4.89. The van der Waals surface area contributed by atoms with Gasteiger partial charge in [-0.3, -0.25) is 9.59 Å². The van der Waals surface area contributed by atoms with Crippen molar-refractivity contribution in [1.29, 1.82) is 0 Å². The SMILES string of the molecule is CC(C)(C)NC(=O)N1CCCN(c2ccc(NC(=O)c3ccc(F)cc3)cc2C(=O)N2CCCCC2)CC1. The molecule has 2 fully saturated rings. The van der Waals surface area contributed by atoms with Crippen LogP contribution in [0.1, 0.15) is 67.2 Å². The first-order valence-corrected chi connectivity index (χ1v) is 13.4. The van der Waals surface area contributed by atoms with Crippen LogP contribution in [0.2, 0.25) is 0 Å². The smallest absolute Gasteiger partial charge is 0.317 e. The minimum absolute atomic E-state index is 0.0517. The highest BCUT2D eigenvalue weighted by Gasteiger charge is 2.27. The standard InChI is InChI=1S/C29H38FN5O3/c1-29(2,3)32-28(38)35-17-7-16-33(18-19-35)25-13-12-23(31-26(36)21-8-10-22(30)11-9-21)20-24(25)27(37)34-14-5-4-6-15-34/h8-13,20H,4-7,14-19H2,1-3H3,(H,31,36)(H,32,38). The van der Waals surface area contributed by atoms with Gasteiger partial charge in [0.1, 0.15) is 5.82 Å². The van der Waals surface area contributed by atoms with Crippen LogP contribution >= 0.6 is 0 Å². The lowest BCUT2D eigenvalue weighted by atomic mass is 10.1. The number of likely N-dealkylation sites (tertiary alicyclic amines) is 1. The zero-order valence-electron chi connectivity index (χ0n) is 22.6. The fraction of sp³-hybridized carbons (Fsp3) is 0.483. The van der Waals surface area contributed by atoms with E-state index < -0.39 is 5.82 Å². The summed E-state index contributed by atoms with van der Waals surface area (Å²) in [5, 5.41) is 5.88. The molecule has 0 bridgehead atoms. The molecule has 2 aliphatic heterocycles. The van der Waals surface area contributed by atoms with Crippen molar-refractivity contribution in [3.63, 3.8) is 0 Å². The summed E-state index contributed by atoms with van der Waals surface area (Å²) in [5.41, 5.74) is 1.87. The number of carbonyl (C=O) groups excluding carboxylic acids is 3. The predicted octanol–water partition coefficient (Wildman–Crippen LogP) is 4.72. The molecular formula is C29H38FN5O3. The van der Waals surface area contributed by atoms with Gasteiger partial charge >= 0.3 is 6.03 Å². The molecule has 2 heterocycles. The monoisotopic (exact) mass is 523 g/mol. The van der Waals surface area contributed by atoms with E-state index in [1.165, 1.54) is 24.3 Å². The van der Waals surface area contributed by atoms with Gasteiger partial charge < -0.3 is 25.3 Å². The van der Waals surface area contributed by atoms with Gasteiger partial charge in [0.25, 0.3) is 11.8 Å². The molecule has 4 rings (SSSR count). The molecule has 8 nitrogen and oxygen atoms in total. The van der Waals surface area contributed by atoms with Crippen LogP contribution in [-0.4, -0.2) is 72.5 Å². The van der Waals surface area contributed by atoms with E-state index in [1.807, 2.05) is 36.6 Å². The number of halogens is 1. The molecule has 2 N–H and O–H groups in total. The Labute approximate surface area is 224 Å². The van der Waals surface area contributed by atoms with E-state index in [1.54, 1.807) is 12.1 Å². The number of benzene rings is 2. The van der Waals surface area contributed by atoms with Crippen LogP contribution in [0.4, 0.5) is 20.6 Å². The molecule has 0 radical (unpaired) electrons. The predicted molar refractivity (Wildman–Crippen MR) is 147 cm³/mol. The Morgan fingerprint density at radius 2 is 1.47 bits per heavy atom. The maximum atomic E-state index is 13.7. The zero-order valence-corrected chi connectivity index (χ0v) is 22.6. The number of urea groups is 1. The van der Waals surface area contributed by atoms with E-state index in [-0.39, 0.29) is 23.4 Å². The maximum absolute atomic E-state index is 13.7. The highest BCUT2D eigenvalue weighted by atomic mass is 19.1. The number of amides is 4. The lowest BCUT2D eigenvalue weighted by molar-refractivity contribution is 0.0724. The Bertz CT molecular complexity index is 1160. The molecule has 0 saturated carbocycles. The minimum Gasteiger partial charge on any atom is -0.369 e. The highest BCUT2D eigenvalue weighted by Crippen LogP contribution is 2.28. The van der Waals surface area contributed by atoms with Gasteiger partial charge in [-0.2, -0.15) is 0 Å². The van der Waals surface area contributed by atoms with Gasteiger partial charge in [-0.15, -0.1) is 0 Å². The molecular weight excluding hydrogens is 485 g/mol. The van der Waals surface area contributed by atoms with Crippen LogP contribution in [-0.2, 0) is 0 Å². The number of hydrogen-bond acceptors (Lipinski definition) is 4. The summed E-state index contributed by atoms with van der Waals surface area (Å²) < 4.78 is 13.3. The number of anilines is 2. The van der Waals surface area contributed by atoms with Crippen molar-refractivity contribution >= 4 is 29.2 Å². The van der Waals surface area contributed by atoms with Gasteiger partial charge in [0.2, 0.25) is 0 Å². The van der Waals surface area contributed by atoms with E-state index in [4.69, 9.17) is 0 Å². The second kappa shape index (κ2) is 11.8. The molecule has 0 aromatic heterocycles. The first kappa shape index (κ1) is 27.4. The van der Waals surface area contributed by atoms with Crippen molar-refractivity contribution in [2.24, 2.45) is 0 Å². The average Bonchev–Trinajstić information content (AvgIpc) is 3.15. The summed E-state index contributed by atoms with van der Waals surface area (Å²) >= 11 is 0. The van der Waals surface area contributed by atoms with Gasteiger partial charge in [0.05, 0.1) is 5.56 Å². The lowest BCUT2D eigenvalue weighted by Crippen LogP contribution is -2.49. The Balaban J connectivity index is 1.56. The Kier molecular flexibility index (Phi) is 8.54. The average molecular weight is 524 g/mol. The molecule has 38 heavy (non-hydrogen) atoms. The van der Waals surface area contributed by atoms with Crippen LogP contribution in [0.3, 0.4) is 0 Å². The van der Waals surface area contributed by atoms with Gasteiger partial charge in [-0.05, 0) is 88.9 Å². The normalized spacial score (nSPS) is 16.6. The summed E-state index contributed by atoms with van der Waals surface area (Å²) in [4.78, 5) is 45.1. The van der Waals surface area contributed by atoms with Gasteiger partial charge in [0, 0.05) is 61.7 Å². The Morgan fingerprint density at radius 1 is 0.789 bits per heavy atom. The van der Waals surface area contributed by atoms with E-state index in [2.05, 4.69) is 15.5 Å². The number of piperidine rings is 1. The zero-order chi connectivity index (χ0) is 27.3. The highest BCUT2D eigenvalue weighted by molar-refractivity contribution is 6.06. The molecule has 4 amide bonds. The van der Waals surface area contributed by atoms with E-state index in [0.717, 1.165) is 31.4 Å². The second-order valence-corrected chi connectivity index (χ2v) is 11.1.